The van der Waals surface area contributed by atoms with Gasteiger partial charge in [-0.1, -0.05) is 15.9 Å². The molecule has 0 aromatic heterocycles. The number of rotatable bonds is 4. The van der Waals surface area contributed by atoms with Crippen molar-refractivity contribution in [2.45, 2.75) is 13.0 Å². The monoisotopic (exact) mass is 363 g/mol. The summed E-state index contributed by atoms with van der Waals surface area (Å²) in [5.74, 6) is 1.70. The fourth-order valence-corrected chi connectivity index (χ4v) is 2.25. The second-order valence-corrected chi connectivity index (χ2v) is 5.69. The van der Waals surface area contributed by atoms with Crippen LogP contribution in [0.1, 0.15) is 6.92 Å². The summed E-state index contributed by atoms with van der Waals surface area (Å²) >= 11 is 3.35. The van der Waals surface area contributed by atoms with Gasteiger partial charge in [0.2, 0.25) is 6.79 Å². The van der Waals surface area contributed by atoms with E-state index in [4.69, 9.17) is 14.2 Å². The van der Waals surface area contributed by atoms with E-state index in [-0.39, 0.29) is 12.7 Å². The van der Waals surface area contributed by atoms with Gasteiger partial charge in [0, 0.05) is 16.2 Å². The first-order valence-electron chi connectivity index (χ1n) is 6.74. The third kappa shape index (κ3) is 3.33. The SMILES string of the molecule is CC(Oc1ccc(Br)cc1)C(=O)Nc1ccc2c(c1)OCO2. The predicted octanol–water partition coefficient (Wildman–Crippen LogP) is 3.58. The quantitative estimate of drug-likeness (QED) is 0.901. The van der Waals surface area contributed by atoms with Gasteiger partial charge in [0.1, 0.15) is 5.75 Å². The van der Waals surface area contributed by atoms with E-state index in [1.165, 1.54) is 0 Å². The van der Waals surface area contributed by atoms with E-state index < -0.39 is 6.10 Å². The van der Waals surface area contributed by atoms with Gasteiger partial charge in [-0.3, -0.25) is 4.79 Å². The molecule has 1 amide bonds. The molecule has 0 aliphatic carbocycles. The summed E-state index contributed by atoms with van der Waals surface area (Å²) in [5, 5.41) is 2.79. The van der Waals surface area contributed by atoms with Gasteiger partial charge >= 0.3 is 0 Å². The van der Waals surface area contributed by atoms with Crippen LogP contribution >= 0.6 is 15.9 Å². The molecule has 0 saturated heterocycles. The Morgan fingerprint density at radius 2 is 1.91 bits per heavy atom. The van der Waals surface area contributed by atoms with Crippen LogP contribution in [-0.2, 0) is 4.79 Å². The molecule has 2 aromatic carbocycles. The second kappa shape index (κ2) is 6.27. The van der Waals surface area contributed by atoms with Crippen molar-refractivity contribution < 1.29 is 19.0 Å². The second-order valence-electron chi connectivity index (χ2n) is 4.77. The molecule has 22 heavy (non-hydrogen) atoms. The Labute approximate surface area is 136 Å². The van der Waals surface area contributed by atoms with Gasteiger partial charge < -0.3 is 19.5 Å². The number of carbonyl (C=O) groups is 1. The number of fused-ring (bicyclic) bond motifs is 1. The van der Waals surface area contributed by atoms with Gasteiger partial charge in [-0.25, -0.2) is 0 Å². The molecule has 0 spiro atoms. The van der Waals surface area contributed by atoms with Gasteiger partial charge in [0.05, 0.1) is 0 Å². The number of hydrogen-bond acceptors (Lipinski definition) is 4. The fourth-order valence-electron chi connectivity index (χ4n) is 1.99. The van der Waals surface area contributed by atoms with Crippen LogP contribution in [0.2, 0.25) is 0 Å². The number of anilines is 1. The molecule has 0 radical (unpaired) electrons. The maximum absolute atomic E-state index is 12.2. The topological polar surface area (TPSA) is 56.8 Å². The molecule has 5 nitrogen and oxygen atoms in total. The minimum Gasteiger partial charge on any atom is -0.481 e. The smallest absolute Gasteiger partial charge is 0.265 e. The number of carbonyl (C=O) groups excluding carboxylic acids is 1. The van der Waals surface area contributed by atoms with E-state index in [1.807, 2.05) is 12.1 Å². The van der Waals surface area contributed by atoms with Crippen LogP contribution in [0.5, 0.6) is 17.2 Å². The Bertz CT molecular complexity index is 687. The highest BCUT2D eigenvalue weighted by molar-refractivity contribution is 9.10. The van der Waals surface area contributed by atoms with E-state index >= 15 is 0 Å². The Morgan fingerprint density at radius 3 is 2.68 bits per heavy atom. The van der Waals surface area contributed by atoms with Crippen LogP contribution in [0, 0.1) is 0 Å². The molecule has 1 aliphatic rings. The summed E-state index contributed by atoms with van der Waals surface area (Å²) in [4.78, 5) is 12.2. The molecule has 0 fully saturated rings. The number of halogens is 1. The lowest BCUT2D eigenvalue weighted by Gasteiger charge is -2.15. The molecule has 1 atom stereocenters. The molecule has 3 rings (SSSR count). The van der Waals surface area contributed by atoms with Gasteiger partial charge in [-0.2, -0.15) is 0 Å². The van der Waals surface area contributed by atoms with E-state index in [0.717, 1.165) is 4.47 Å². The highest BCUT2D eigenvalue weighted by atomic mass is 79.9. The van der Waals surface area contributed by atoms with Crippen molar-refractivity contribution in [3.05, 3.63) is 46.9 Å². The minimum absolute atomic E-state index is 0.204. The van der Waals surface area contributed by atoms with Crippen molar-refractivity contribution in [3.8, 4) is 17.2 Å². The summed E-state index contributed by atoms with van der Waals surface area (Å²) in [5.41, 5.74) is 0.639. The van der Waals surface area contributed by atoms with E-state index in [0.29, 0.717) is 22.9 Å². The van der Waals surface area contributed by atoms with E-state index in [9.17, 15) is 4.79 Å². The van der Waals surface area contributed by atoms with Gasteiger partial charge in [-0.15, -0.1) is 0 Å². The molecular formula is C16H14BrNO4. The first-order valence-corrected chi connectivity index (χ1v) is 7.54. The third-order valence-corrected chi connectivity index (χ3v) is 3.66. The standard InChI is InChI=1S/C16H14BrNO4/c1-10(22-13-5-2-11(17)3-6-13)16(19)18-12-4-7-14-15(8-12)21-9-20-14/h2-8,10H,9H2,1H3,(H,18,19). The molecule has 1 heterocycles. The number of nitrogens with one attached hydrogen (secondary N) is 1. The minimum atomic E-state index is -0.619. The number of ether oxygens (including phenoxy) is 3. The van der Waals surface area contributed by atoms with Crippen LogP contribution in [0.25, 0.3) is 0 Å². The summed E-state index contributed by atoms with van der Waals surface area (Å²) in [6, 6.07) is 12.6. The predicted molar refractivity (Wildman–Crippen MR) is 85.4 cm³/mol. The van der Waals surface area contributed by atoms with E-state index in [2.05, 4.69) is 21.2 Å². The largest absolute Gasteiger partial charge is 0.481 e. The first-order chi connectivity index (χ1) is 10.6. The molecule has 0 bridgehead atoms. The Kier molecular flexibility index (Phi) is 4.20. The lowest BCUT2D eigenvalue weighted by atomic mass is 10.2. The lowest BCUT2D eigenvalue weighted by Crippen LogP contribution is -2.30. The third-order valence-electron chi connectivity index (χ3n) is 3.14. The molecular weight excluding hydrogens is 350 g/mol. The van der Waals surface area contributed by atoms with Crippen molar-refractivity contribution in [1.29, 1.82) is 0 Å². The molecule has 1 unspecified atom stereocenters. The zero-order chi connectivity index (χ0) is 15.5. The van der Waals surface area contributed by atoms with Crippen molar-refractivity contribution in [1.82, 2.24) is 0 Å². The summed E-state index contributed by atoms with van der Waals surface area (Å²) in [7, 11) is 0. The van der Waals surface area contributed by atoms with E-state index in [1.54, 1.807) is 37.3 Å². The van der Waals surface area contributed by atoms with Crippen molar-refractivity contribution in [3.63, 3.8) is 0 Å². The molecule has 6 heteroatoms. The molecule has 0 saturated carbocycles. The molecule has 114 valence electrons. The van der Waals surface area contributed by atoms with Crippen LogP contribution in [0.3, 0.4) is 0 Å². The zero-order valence-corrected chi connectivity index (χ0v) is 13.4. The van der Waals surface area contributed by atoms with Crippen LogP contribution in [0.4, 0.5) is 5.69 Å². The summed E-state index contributed by atoms with van der Waals surface area (Å²) in [6.45, 7) is 1.90. The first kappa shape index (κ1) is 14.7. The highest BCUT2D eigenvalue weighted by Gasteiger charge is 2.17. The van der Waals surface area contributed by atoms with Gasteiger partial charge in [0.25, 0.3) is 5.91 Å². The normalized spacial score (nSPS) is 13.5. The highest BCUT2D eigenvalue weighted by Crippen LogP contribution is 2.34. The van der Waals surface area contributed by atoms with Crippen molar-refractivity contribution in [2.24, 2.45) is 0 Å². The summed E-state index contributed by atoms with van der Waals surface area (Å²) in [6.07, 6.45) is -0.619. The van der Waals surface area contributed by atoms with Crippen LogP contribution < -0.4 is 19.5 Å². The maximum Gasteiger partial charge on any atom is 0.265 e. The van der Waals surface area contributed by atoms with Crippen LogP contribution in [-0.4, -0.2) is 18.8 Å². The van der Waals surface area contributed by atoms with Crippen molar-refractivity contribution in [2.75, 3.05) is 12.1 Å². The zero-order valence-electron chi connectivity index (χ0n) is 11.8. The average molecular weight is 364 g/mol. The number of amides is 1. The molecule has 1 N–H and O–H groups in total. The molecule has 1 aliphatic heterocycles. The average Bonchev–Trinajstić information content (AvgIpc) is 2.97. The Hall–Kier alpha value is -2.21. The Balaban J connectivity index is 1.62. The van der Waals surface area contributed by atoms with Gasteiger partial charge in [-0.05, 0) is 43.3 Å². The Morgan fingerprint density at radius 1 is 1.18 bits per heavy atom. The molecule has 2 aromatic rings. The summed E-state index contributed by atoms with van der Waals surface area (Å²) < 4.78 is 17.1. The number of benzene rings is 2. The van der Waals surface area contributed by atoms with Crippen LogP contribution in [0.15, 0.2) is 46.9 Å². The van der Waals surface area contributed by atoms with Crippen molar-refractivity contribution >= 4 is 27.5 Å². The maximum atomic E-state index is 12.2. The number of hydrogen-bond donors (Lipinski definition) is 1. The lowest BCUT2D eigenvalue weighted by molar-refractivity contribution is -0.122. The fraction of sp³-hybridized carbons (Fsp3) is 0.188. The van der Waals surface area contributed by atoms with Gasteiger partial charge in [0.15, 0.2) is 17.6 Å².